The van der Waals surface area contributed by atoms with E-state index in [9.17, 15) is 14.4 Å². The van der Waals surface area contributed by atoms with E-state index < -0.39 is 6.04 Å². The van der Waals surface area contributed by atoms with Crippen LogP contribution in [0.1, 0.15) is 60.0 Å². The number of hydrogen-bond donors (Lipinski definition) is 3. The molecule has 148 valence electrons. The molecule has 5 rings (SSSR count). The van der Waals surface area contributed by atoms with Crippen molar-refractivity contribution in [1.29, 1.82) is 0 Å². The number of imide groups is 1. The number of hydrogen-bond acceptors (Lipinski definition) is 5. The minimum absolute atomic E-state index is 0.0918. The molecular weight excluding hydrogens is 356 g/mol. The molecule has 2 unspecified atom stereocenters. The van der Waals surface area contributed by atoms with Crippen LogP contribution >= 0.6 is 0 Å². The quantitative estimate of drug-likeness (QED) is 0.671. The smallest absolute Gasteiger partial charge is 0.255 e. The SMILES string of the molecule is O=C1CCC(N2Cc3cccc(CNC4CCNC5(CC5)C4)c3C2=O)C(=O)N1. The second-order valence-electron chi connectivity index (χ2n) is 8.63. The van der Waals surface area contributed by atoms with Crippen molar-refractivity contribution in [1.82, 2.24) is 20.9 Å². The largest absolute Gasteiger partial charge is 0.322 e. The average Bonchev–Trinajstić information content (AvgIpc) is 3.33. The first-order valence-electron chi connectivity index (χ1n) is 10.3. The predicted octanol–water partition coefficient (Wildman–Crippen LogP) is 0.822. The second-order valence-corrected chi connectivity index (χ2v) is 8.63. The molecule has 3 N–H and O–H groups in total. The highest BCUT2D eigenvalue weighted by Crippen LogP contribution is 2.42. The molecule has 0 aromatic heterocycles. The lowest BCUT2D eigenvalue weighted by atomic mass is 9.96. The zero-order valence-electron chi connectivity index (χ0n) is 15.9. The van der Waals surface area contributed by atoms with Gasteiger partial charge >= 0.3 is 0 Å². The molecule has 1 spiro atoms. The Morgan fingerprint density at radius 1 is 1.18 bits per heavy atom. The van der Waals surface area contributed by atoms with Crippen molar-refractivity contribution in [2.24, 2.45) is 0 Å². The molecule has 2 atom stereocenters. The first-order chi connectivity index (χ1) is 13.5. The van der Waals surface area contributed by atoms with E-state index in [1.54, 1.807) is 4.90 Å². The van der Waals surface area contributed by atoms with Crippen LogP contribution in [0.15, 0.2) is 18.2 Å². The molecule has 3 fully saturated rings. The Morgan fingerprint density at radius 3 is 2.82 bits per heavy atom. The van der Waals surface area contributed by atoms with E-state index in [1.165, 1.54) is 12.8 Å². The van der Waals surface area contributed by atoms with Gasteiger partial charge in [-0.25, -0.2) is 0 Å². The third-order valence-electron chi connectivity index (χ3n) is 6.70. The highest BCUT2D eigenvalue weighted by atomic mass is 16.2. The van der Waals surface area contributed by atoms with Gasteiger partial charge in [-0.05, 0) is 49.8 Å². The van der Waals surface area contributed by atoms with E-state index >= 15 is 0 Å². The lowest BCUT2D eigenvalue weighted by molar-refractivity contribution is -0.136. The maximum atomic E-state index is 13.1. The van der Waals surface area contributed by atoms with Crippen LogP contribution in [0.25, 0.3) is 0 Å². The van der Waals surface area contributed by atoms with Gasteiger partial charge in [0.05, 0.1) is 0 Å². The summed E-state index contributed by atoms with van der Waals surface area (Å²) in [6, 6.07) is 5.87. The van der Waals surface area contributed by atoms with Crippen LogP contribution in [0.3, 0.4) is 0 Å². The van der Waals surface area contributed by atoms with E-state index in [2.05, 4.69) is 16.0 Å². The van der Waals surface area contributed by atoms with Crippen LogP contribution in [-0.2, 0) is 22.7 Å². The summed E-state index contributed by atoms with van der Waals surface area (Å²) in [4.78, 5) is 38.4. The van der Waals surface area contributed by atoms with E-state index in [4.69, 9.17) is 0 Å². The maximum Gasteiger partial charge on any atom is 0.255 e. The molecule has 4 aliphatic rings. The standard InChI is InChI=1S/C21H26N4O3/c26-17-5-4-16(19(27)24-17)25-12-14-3-1-2-13(18(14)20(25)28)11-22-15-6-9-23-21(10-15)7-8-21/h1-3,15-16,22-23H,4-12H2,(H,24,26,27). The zero-order valence-corrected chi connectivity index (χ0v) is 15.9. The van der Waals surface area contributed by atoms with Gasteiger partial charge in [-0.2, -0.15) is 0 Å². The van der Waals surface area contributed by atoms with Crippen LogP contribution in [0.4, 0.5) is 0 Å². The molecule has 0 bridgehead atoms. The van der Waals surface area contributed by atoms with Gasteiger partial charge in [-0.1, -0.05) is 18.2 Å². The number of fused-ring (bicyclic) bond motifs is 1. The number of nitrogens with one attached hydrogen (secondary N) is 3. The summed E-state index contributed by atoms with van der Waals surface area (Å²) in [7, 11) is 0. The molecule has 3 amide bonds. The highest BCUT2D eigenvalue weighted by molar-refractivity contribution is 6.05. The molecule has 3 aliphatic heterocycles. The molecule has 7 heteroatoms. The molecule has 1 aromatic carbocycles. The van der Waals surface area contributed by atoms with Gasteiger partial charge in [-0.15, -0.1) is 0 Å². The van der Waals surface area contributed by atoms with Crippen LogP contribution < -0.4 is 16.0 Å². The monoisotopic (exact) mass is 382 g/mol. The summed E-state index contributed by atoms with van der Waals surface area (Å²) in [5, 5.41) is 9.65. The maximum absolute atomic E-state index is 13.1. The highest BCUT2D eigenvalue weighted by Gasteiger charge is 2.45. The number of carbonyl (C=O) groups is 3. The zero-order chi connectivity index (χ0) is 19.3. The molecule has 1 saturated carbocycles. The minimum Gasteiger partial charge on any atom is -0.322 e. The van der Waals surface area contributed by atoms with Crippen molar-refractivity contribution < 1.29 is 14.4 Å². The first-order valence-corrected chi connectivity index (χ1v) is 10.3. The Bertz CT molecular complexity index is 848. The lowest BCUT2D eigenvalue weighted by Crippen LogP contribution is -2.52. The van der Waals surface area contributed by atoms with Crippen molar-refractivity contribution in [3.63, 3.8) is 0 Å². The third-order valence-corrected chi connectivity index (χ3v) is 6.70. The molecule has 2 saturated heterocycles. The molecule has 1 aromatic rings. The molecule has 1 aliphatic carbocycles. The van der Waals surface area contributed by atoms with Crippen molar-refractivity contribution in [3.05, 3.63) is 34.9 Å². The van der Waals surface area contributed by atoms with Gasteiger partial charge in [0.25, 0.3) is 5.91 Å². The van der Waals surface area contributed by atoms with Gasteiger partial charge in [0.1, 0.15) is 6.04 Å². The Hall–Kier alpha value is -2.25. The van der Waals surface area contributed by atoms with E-state index in [1.807, 2.05) is 18.2 Å². The Labute approximate surface area is 164 Å². The summed E-state index contributed by atoms with van der Waals surface area (Å²) >= 11 is 0. The molecule has 28 heavy (non-hydrogen) atoms. The number of rotatable bonds is 4. The van der Waals surface area contributed by atoms with Gasteiger partial charge < -0.3 is 15.5 Å². The number of benzene rings is 1. The summed E-state index contributed by atoms with van der Waals surface area (Å²) in [5.74, 6) is -0.710. The Morgan fingerprint density at radius 2 is 2.04 bits per heavy atom. The topological polar surface area (TPSA) is 90.5 Å². The van der Waals surface area contributed by atoms with Gasteiger partial charge in [0.2, 0.25) is 11.8 Å². The Balaban J connectivity index is 1.30. The van der Waals surface area contributed by atoms with E-state index in [-0.39, 0.29) is 24.1 Å². The molecular formula is C21H26N4O3. The van der Waals surface area contributed by atoms with E-state index in [0.717, 1.165) is 36.1 Å². The fourth-order valence-corrected chi connectivity index (χ4v) is 4.96. The number of carbonyl (C=O) groups excluding carboxylic acids is 3. The van der Waals surface area contributed by atoms with Crippen molar-refractivity contribution in [2.45, 2.75) is 69.2 Å². The first kappa shape index (κ1) is 17.8. The Kier molecular flexibility index (Phi) is 4.25. The fraction of sp³-hybridized carbons (Fsp3) is 0.571. The van der Waals surface area contributed by atoms with Crippen LogP contribution in [0.5, 0.6) is 0 Å². The summed E-state index contributed by atoms with van der Waals surface area (Å²) in [6.07, 6.45) is 5.47. The molecule has 0 radical (unpaired) electrons. The summed E-state index contributed by atoms with van der Waals surface area (Å²) in [5.41, 5.74) is 3.07. The fourth-order valence-electron chi connectivity index (χ4n) is 4.96. The van der Waals surface area contributed by atoms with Crippen LogP contribution in [0.2, 0.25) is 0 Å². The predicted molar refractivity (Wildman–Crippen MR) is 102 cm³/mol. The minimum atomic E-state index is -0.558. The van der Waals surface area contributed by atoms with Crippen molar-refractivity contribution >= 4 is 17.7 Å². The van der Waals surface area contributed by atoms with Crippen LogP contribution in [-0.4, -0.2) is 46.8 Å². The normalized spacial score (nSPS) is 28.4. The summed E-state index contributed by atoms with van der Waals surface area (Å²) in [6.45, 7) is 2.15. The number of amides is 3. The molecule has 7 nitrogen and oxygen atoms in total. The van der Waals surface area contributed by atoms with E-state index in [0.29, 0.717) is 31.1 Å². The molecule has 3 heterocycles. The van der Waals surface area contributed by atoms with Crippen molar-refractivity contribution in [2.75, 3.05) is 6.54 Å². The van der Waals surface area contributed by atoms with Crippen LogP contribution in [0, 0.1) is 0 Å². The number of piperidine rings is 2. The summed E-state index contributed by atoms with van der Waals surface area (Å²) < 4.78 is 0. The number of nitrogens with zero attached hydrogens (tertiary/aromatic N) is 1. The average molecular weight is 382 g/mol. The second kappa shape index (κ2) is 6.67. The van der Waals surface area contributed by atoms with Gasteiger partial charge in [0.15, 0.2) is 0 Å². The van der Waals surface area contributed by atoms with Crippen molar-refractivity contribution in [3.8, 4) is 0 Å². The van der Waals surface area contributed by atoms with Gasteiger partial charge in [0, 0.05) is 36.7 Å². The lowest BCUT2D eigenvalue weighted by Gasteiger charge is -2.31. The van der Waals surface area contributed by atoms with Gasteiger partial charge in [-0.3, -0.25) is 19.7 Å². The third kappa shape index (κ3) is 3.12.